The lowest BCUT2D eigenvalue weighted by Crippen LogP contribution is -2.52. The van der Waals surface area contributed by atoms with Crippen molar-refractivity contribution in [1.29, 1.82) is 0 Å². The van der Waals surface area contributed by atoms with Crippen LogP contribution in [0.25, 0.3) is 10.9 Å². The number of carbonyl (C=O) groups excluding carboxylic acids is 1. The zero-order valence-electron chi connectivity index (χ0n) is 20.2. The molecule has 7 nitrogen and oxygen atoms in total. The lowest BCUT2D eigenvalue weighted by atomic mass is 9.88. The van der Waals surface area contributed by atoms with Crippen molar-refractivity contribution in [3.8, 4) is 0 Å². The number of carbonyl (C=O) groups is 1. The molecule has 0 bridgehead atoms. The van der Waals surface area contributed by atoms with Crippen molar-refractivity contribution in [2.24, 2.45) is 0 Å². The van der Waals surface area contributed by atoms with E-state index in [1.54, 1.807) is 19.1 Å². The molecule has 1 fully saturated rings. The summed E-state index contributed by atoms with van der Waals surface area (Å²) in [6, 6.07) is 8.75. The monoisotopic (exact) mass is 462 g/mol. The second-order valence-corrected chi connectivity index (χ2v) is 9.27. The maximum absolute atomic E-state index is 13.7. The Kier molecular flexibility index (Phi) is 6.63. The first kappa shape index (κ1) is 23.8. The Balaban J connectivity index is 1.80. The van der Waals surface area contributed by atoms with E-state index in [1.165, 1.54) is 18.5 Å². The number of hydrogen-bond donors (Lipinski definition) is 2. The molecule has 0 aliphatic carbocycles. The number of anilines is 3. The predicted molar refractivity (Wildman–Crippen MR) is 135 cm³/mol. The Bertz CT molecular complexity index is 1230. The Morgan fingerprint density at radius 2 is 1.88 bits per heavy atom. The third kappa shape index (κ3) is 4.78. The van der Waals surface area contributed by atoms with Gasteiger partial charge in [0.05, 0.1) is 5.52 Å². The fraction of sp³-hybridized carbons (Fsp3) is 0.346. The molecule has 1 aliphatic heterocycles. The number of nitrogens with one attached hydrogen (secondary N) is 2. The molecule has 3 aromatic rings. The summed E-state index contributed by atoms with van der Waals surface area (Å²) in [6.45, 7) is 13.5. The minimum atomic E-state index is -0.341. The molecule has 2 heterocycles. The van der Waals surface area contributed by atoms with Gasteiger partial charge in [0.1, 0.15) is 18.0 Å². The van der Waals surface area contributed by atoms with E-state index in [4.69, 9.17) is 0 Å². The largest absolute Gasteiger partial charge is 0.340 e. The first-order chi connectivity index (χ1) is 16.2. The summed E-state index contributed by atoms with van der Waals surface area (Å²) in [7, 11) is 2.13. The van der Waals surface area contributed by atoms with Crippen molar-refractivity contribution in [1.82, 2.24) is 19.8 Å². The van der Waals surface area contributed by atoms with Gasteiger partial charge in [-0.15, -0.1) is 0 Å². The van der Waals surface area contributed by atoms with Gasteiger partial charge in [0, 0.05) is 48.5 Å². The molecule has 0 saturated carbocycles. The molecule has 1 saturated heterocycles. The third-order valence-corrected chi connectivity index (χ3v) is 6.59. The summed E-state index contributed by atoms with van der Waals surface area (Å²) in [6.07, 6.45) is 2.77. The van der Waals surface area contributed by atoms with Crippen molar-refractivity contribution in [3.05, 3.63) is 66.3 Å². The minimum absolute atomic E-state index is 0.261. The first-order valence-electron chi connectivity index (χ1n) is 11.4. The number of aryl methyl sites for hydroxylation is 1. The van der Waals surface area contributed by atoms with Crippen LogP contribution in [-0.2, 0) is 10.3 Å². The van der Waals surface area contributed by atoms with Gasteiger partial charge >= 0.3 is 0 Å². The molecule has 2 N–H and O–H groups in total. The highest BCUT2D eigenvalue weighted by molar-refractivity contribution is 6.02. The van der Waals surface area contributed by atoms with Crippen molar-refractivity contribution >= 4 is 34.0 Å². The summed E-state index contributed by atoms with van der Waals surface area (Å²) in [5.74, 6) is 0.0349. The van der Waals surface area contributed by atoms with Gasteiger partial charge in [0.25, 0.3) is 0 Å². The summed E-state index contributed by atoms with van der Waals surface area (Å²) in [5.41, 5.74) is 3.34. The van der Waals surface area contributed by atoms with Gasteiger partial charge in [-0.2, -0.15) is 0 Å². The number of amides is 1. The highest BCUT2D eigenvalue weighted by Crippen LogP contribution is 2.38. The van der Waals surface area contributed by atoms with Crippen LogP contribution in [0.3, 0.4) is 0 Å². The minimum Gasteiger partial charge on any atom is -0.340 e. The lowest BCUT2D eigenvalue weighted by Gasteiger charge is -2.44. The van der Waals surface area contributed by atoms with Gasteiger partial charge < -0.3 is 15.5 Å². The fourth-order valence-corrected chi connectivity index (χ4v) is 4.39. The van der Waals surface area contributed by atoms with Gasteiger partial charge in [-0.25, -0.2) is 14.4 Å². The Labute approximate surface area is 199 Å². The van der Waals surface area contributed by atoms with Gasteiger partial charge in [0.15, 0.2) is 0 Å². The third-order valence-electron chi connectivity index (χ3n) is 6.59. The van der Waals surface area contributed by atoms with Crippen LogP contribution in [0, 0.1) is 12.7 Å². The topological polar surface area (TPSA) is 73.4 Å². The first-order valence-corrected chi connectivity index (χ1v) is 11.4. The number of benzene rings is 2. The Morgan fingerprint density at radius 3 is 2.56 bits per heavy atom. The number of aromatic nitrogens is 2. The van der Waals surface area contributed by atoms with Crippen LogP contribution in [0.15, 0.2) is 49.3 Å². The van der Waals surface area contributed by atoms with E-state index < -0.39 is 0 Å². The van der Waals surface area contributed by atoms with Crippen LogP contribution in [0.2, 0.25) is 0 Å². The zero-order chi connectivity index (χ0) is 24.5. The number of rotatable bonds is 6. The average molecular weight is 463 g/mol. The molecular weight excluding hydrogens is 431 g/mol. The second kappa shape index (κ2) is 9.48. The van der Waals surface area contributed by atoms with E-state index in [0.717, 1.165) is 48.3 Å². The number of halogens is 1. The molecule has 0 radical (unpaired) electrons. The molecule has 1 amide bonds. The SMILES string of the molecule is C=CC(=O)Nc1cc2c(Nc3ccc(F)c(C)c3)ncnc2cc1C(C)(C)N1CCN(C)CC1. The molecule has 1 aromatic heterocycles. The van der Waals surface area contributed by atoms with Crippen molar-refractivity contribution in [2.45, 2.75) is 26.3 Å². The lowest BCUT2D eigenvalue weighted by molar-refractivity contribution is -0.111. The van der Waals surface area contributed by atoms with Crippen LogP contribution in [0.1, 0.15) is 25.0 Å². The second-order valence-electron chi connectivity index (χ2n) is 9.27. The fourth-order valence-electron chi connectivity index (χ4n) is 4.39. The quantitative estimate of drug-likeness (QED) is 0.528. The standard InChI is InChI=1S/C26H31FN6O/c1-6-24(34)31-23-14-19-22(15-20(23)26(3,4)33-11-9-32(5)10-12-33)28-16-29-25(19)30-18-7-8-21(27)17(2)13-18/h6-8,13-16H,1,9-12H2,2-5H3,(H,31,34)(H,28,29,30). The van der Waals surface area contributed by atoms with Crippen molar-refractivity contribution < 1.29 is 9.18 Å². The van der Waals surface area contributed by atoms with E-state index in [-0.39, 0.29) is 17.3 Å². The predicted octanol–water partition coefficient (Wildman–Crippen LogP) is 4.43. The summed E-state index contributed by atoms with van der Waals surface area (Å²) in [4.78, 5) is 26.0. The molecule has 0 unspecified atom stereocenters. The molecule has 0 atom stereocenters. The maximum atomic E-state index is 13.7. The van der Waals surface area contributed by atoms with Crippen molar-refractivity contribution in [2.75, 3.05) is 43.9 Å². The van der Waals surface area contributed by atoms with Gasteiger partial charge in [-0.1, -0.05) is 6.58 Å². The van der Waals surface area contributed by atoms with E-state index in [2.05, 4.69) is 57.9 Å². The molecule has 34 heavy (non-hydrogen) atoms. The maximum Gasteiger partial charge on any atom is 0.247 e. The number of fused-ring (bicyclic) bond motifs is 1. The van der Waals surface area contributed by atoms with Crippen molar-refractivity contribution in [3.63, 3.8) is 0 Å². The number of likely N-dealkylation sites (N-methyl/N-ethyl adjacent to an activating group) is 1. The molecular formula is C26H31FN6O. The highest BCUT2D eigenvalue weighted by atomic mass is 19.1. The van der Waals surface area contributed by atoms with E-state index in [9.17, 15) is 9.18 Å². The zero-order valence-corrected chi connectivity index (χ0v) is 20.2. The number of hydrogen-bond acceptors (Lipinski definition) is 6. The molecule has 4 rings (SSSR count). The van der Waals surface area contributed by atoms with Crippen LogP contribution in [0.5, 0.6) is 0 Å². The number of piperazine rings is 1. The van der Waals surface area contributed by atoms with E-state index >= 15 is 0 Å². The van der Waals surface area contributed by atoms with Crippen LogP contribution in [0.4, 0.5) is 21.6 Å². The normalized spacial score (nSPS) is 15.3. The van der Waals surface area contributed by atoms with Gasteiger partial charge in [0.2, 0.25) is 5.91 Å². The van der Waals surface area contributed by atoms with Crippen LogP contribution < -0.4 is 10.6 Å². The molecule has 178 valence electrons. The van der Waals surface area contributed by atoms with E-state index in [1.807, 2.05) is 12.1 Å². The summed E-state index contributed by atoms with van der Waals surface area (Å²) in [5, 5.41) is 7.01. The smallest absolute Gasteiger partial charge is 0.247 e. The van der Waals surface area contributed by atoms with E-state index in [0.29, 0.717) is 17.1 Å². The Morgan fingerprint density at radius 1 is 1.15 bits per heavy atom. The highest BCUT2D eigenvalue weighted by Gasteiger charge is 2.33. The average Bonchev–Trinajstić information content (AvgIpc) is 2.81. The van der Waals surface area contributed by atoms with Gasteiger partial charge in [-0.3, -0.25) is 9.69 Å². The Hall–Kier alpha value is -3.36. The number of nitrogens with zero attached hydrogens (tertiary/aromatic N) is 4. The van der Waals surface area contributed by atoms with Gasteiger partial charge in [-0.05, 0) is 75.4 Å². The summed E-state index contributed by atoms with van der Waals surface area (Å²) >= 11 is 0. The molecule has 2 aromatic carbocycles. The van der Waals surface area contributed by atoms with Crippen LogP contribution >= 0.6 is 0 Å². The molecule has 0 spiro atoms. The van der Waals surface area contributed by atoms with Crippen LogP contribution in [-0.4, -0.2) is 58.9 Å². The molecule has 8 heteroatoms. The summed E-state index contributed by atoms with van der Waals surface area (Å²) < 4.78 is 13.7. The molecule has 1 aliphatic rings.